The van der Waals surface area contributed by atoms with Crippen molar-refractivity contribution in [2.75, 3.05) is 0 Å². The first-order valence-electron chi connectivity index (χ1n) is 6.36. The van der Waals surface area contributed by atoms with Gasteiger partial charge in [-0.05, 0) is 24.8 Å². The second kappa shape index (κ2) is 4.43. The minimum Gasteiger partial charge on any atom is -0.458 e. The summed E-state index contributed by atoms with van der Waals surface area (Å²) in [6.45, 7) is 0.381. The van der Waals surface area contributed by atoms with E-state index in [0.717, 1.165) is 0 Å². The van der Waals surface area contributed by atoms with Gasteiger partial charge in [0, 0.05) is 24.8 Å². The Morgan fingerprint density at radius 2 is 2.16 bits per heavy atom. The topological polar surface area (TPSA) is 48.0 Å². The Labute approximate surface area is 108 Å². The van der Waals surface area contributed by atoms with Crippen molar-refractivity contribution in [2.45, 2.75) is 38.2 Å². The second-order valence-electron chi connectivity index (χ2n) is 5.14. The standard InChI is InChI=1S/C13H14F2N2O2/c14-13(15)4-1-9(2-5-13)8-17-12(18)11-10(7-16-17)3-6-19-11/h3,6-7,9H,1-2,4-5,8H2. The number of rotatable bonds is 2. The van der Waals surface area contributed by atoms with Crippen LogP contribution in [0.1, 0.15) is 25.7 Å². The van der Waals surface area contributed by atoms with Crippen LogP contribution in [0.4, 0.5) is 8.78 Å². The Morgan fingerprint density at radius 3 is 2.89 bits per heavy atom. The zero-order valence-corrected chi connectivity index (χ0v) is 10.3. The molecule has 0 spiro atoms. The maximum Gasteiger partial charge on any atom is 0.310 e. The number of fused-ring (bicyclic) bond motifs is 1. The number of aromatic nitrogens is 2. The third kappa shape index (κ3) is 2.39. The second-order valence-corrected chi connectivity index (χ2v) is 5.14. The van der Waals surface area contributed by atoms with Crippen LogP contribution in [0, 0.1) is 5.92 Å². The van der Waals surface area contributed by atoms with E-state index in [2.05, 4.69) is 5.10 Å². The Balaban J connectivity index is 1.79. The van der Waals surface area contributed by atoms with Crippen molar-refractivity contribution >= 4 is 11.0 Å². The fraction of sp³-hybridized carbons (Fsp3) is 0.538. The zero-order valence-electron chi connectivity index (χ0n) is 10.3. The maximum absolute atomic E-state index is 13.1. The zero-order chi connectivity index (χ0) is 13.5. The normalized spacial score (nSPS) is 19.9. The van der Waals surface area contributed by atoms with E-state index in [1.807, 2.05) is 0 Å². The molecule has 0 atom stereocenters. The molecular formula is C13H14F2N2O2. The van der Waals surface area contributed by atoms with Gasteiger partial charge in [-0.1, -0.05) is 0 Å². The van der Waals surface area contributed by atoms with E-state index in [-0.39, 0.29) is 29.9 Å². The van der Waals surface area contributed by atoms with Crippen LogP contribution < -0.4 is 5.56 Å². The Hall–Kier alpha value is -1.72. The van der Waals surface area contributed by atoms with Crippen LogP contribution in [0.25, 0.3) is 11.0 Å². The predicted octanol–water partition coefficient (Wildman–Crippen LogP) is 2.82. The summed E-state index contributed by atoms with van der Waals surface area (Å²) in [5.74, 6) is -2.46. The molecule has 0 aromatic carbocycles. The fourth-order valence-electron chi connectivity index (χ4n) is 2.55. The van der Waals surface area contributed by atoms with E-state index < -0.39 is 5.92 Å². The molecule has 0 saturated heterocycles. The Morgan fingerprint density at radius 1 is 1.42 bits per heavy atom. The molecule has 6 heteroatoms. The molecule has 0 aliphatic heterocycles. The number of nitrogens with zero attached hydrogens (tertiary/aromatic N) is 2. The van der Waals surface area contributed by atoms with E-state index >= 15 is 0 Å². The van der Waals surface area contributed by atoms with Crippen molar-refractivity contribution in [1.82, 2.24) is 9.78 Å². The van der Waals surface area contributed by atoms with Crippen molar-refractivity contribution in [3.8, 4) is 0 Å². The van der Waals surface area contributed by atoms with Crippen LogP contribution in [-0.4, -0.2) is 15.7 Å². The lowest BCUT2D eigenvalue weighted by molar-refractivity contribution is -0.0477. The molecule has 0 radical (unpaired) electrons. The van der Waals surface area contributed by atoms with E-state index in [0.29, 0.717) is 24.8 Å². The minimum atomic E-state index is -2.54. The SMILES string of the molecule is O=c1c2occc2cnn1CC1CCC(F)(F)CC1. The number of hydrogen-bond acceptors (Lipinski definition) is 3. The molecule has 1 fully saturated rings. The van der Waals surface area contributed by atoms with Gasteiger partial charge >= 0.3 is 5.56 Å². The van der Waals surface area contributed by atoms with Crippen molar-refractivity contribution in [3.05, 3.63) is 28.9 Å². The van der Waals surface area contributed by atoms with Gasteiger partial charge in [0.05, 0.1) is 12.5 Å². The summed E-state index contributed by atoms with van der Waals surface area (Å²) in [6, 6.07) is 1.68. The van der Waals surface area contributed by atoms with E-state index in [9.17, 15) is 13.6 Å². The molecule has 0 N–H and O–H groups in total. The van der Waals surface area contributed by atoms with Crippen molar-refractivity contribution in [1.29, 1.82) is 0 Å². The number of halogens is 2. The molecule has 102 valence electrons. The first kappa shape index (κ1) is 12.3. The van der Waals surface area contributed by atoms with Gasteiger partial charge in [0.2, 0.25) is 11.5 Å². The summed E-state index contributed by atoms with van der Waals surface area (Å²) in [5, 5.41) is 4.73. The highest BCUT2D eigenvalue weighted by Gasteiger charge is 2.35. The Bertz CT molecular complexity index is 637. The minimum absolute atomic E-state index is 0.0808. The molecule has 1 saturated carbocycles. The summed E-state index contributed by atoms with van der Waals surface area (Å²) in [5.41, 5.74) is -0.0176. The lowest BCUT2D eigenvalue weighted by Crippen LogP contribution is -2.31. The highest BCUT2D eigenvalue weighted by molar-refractivity contribution is 5.74. The summed E-state index contributed by atoms with van der Waals surface area (Å²) in [6.07, 6.45) is 3.66. The smallest absolute Gasteiger partial charge is 0.310 e. The van der Waals surface area contributed by atoms with Gasteiger partial charge in [-0.25, -0.2) is 13.5 Å². The highest BCUT2D eigenvalue weighted by Crippen LogP contribution is 2.36. The van der Waals surface area contributed by atoms with Gasteiger partial charge in [0.1, 0.15) is 0 Å². The lowest BCUT2D eigenvalue weighted by Gasteiger charge is -2.28. The molecule has 0 bridgehead atoms. The highest BCUT2D eigenvalue weighted by atomic mass is 19.3. The number of alkyl halides is 2. The van der Waals surface area contributed by atoms with Gasteiger partial charge in [-0.2, -0.15) is 5.10 Å². The maximum atomic E-state index is 13.1. The molecule has 0 amide bonds. The molecule has 0 unspecified atom stereocenters. The van der Waals surface area contributed by atoms with E-state index in [1.165, 1.54) is 10.9 Å². The van der Waals surface area contributed by atoms with Gasteiger partial charge in [-0.15, -0.1) is 0 Å². The molecule has 1 aliphatic carbocycles. The first-order chi connectivity index (χ1) is 9.05. The molecule has 1 aliphatic rings. The molecule has 2 heterocycles. The van der Waals surface area contributed by atoms with Crippen LogP contribution in [0.3, 0.4) is 0 Å². The van der Waals surface area contributed by atoms with Gasteiger partial charge in [0.25, 0.3) is 0 Å². The van der Waals surface area contributed by atoms with Crippen molar-refractivity contribution in [3.63, 3.8) is 0 Å². The lowest BCUT2D eigenvalue weighted by atomic mass is 9.87. The monoisotopic (exact) mass is 268 g/mol. The van der Waals surface area contributed by atoms with Crippen LogP contribution in [-0.2, 0) is 6.54 Å². The summed E-state index contributed by atoms with van der Waals surface area (Å²) < 4.78 is 32.6. The molecule has 2 aromatic rings. The largest absolute Gasteiger partial charge is 0.458 e. The van der Waals surface area contributed by atoms with Crippen LogP contribution in [0.5, 0.6) is 0 Å². The van der Waals surface area contributed by atoms with Gasteiger partial charge in [-0.3, -0.25) is 4.79 Å². The third-order valence-corrected chi connectivity index (χ3v) is 3.73. The average molecular weight is 268 g/mol. The summed E-state index contributed by atoms with van der Waals surface area (Å²) in [4.78, 5) is 12.0. The number of hydrogen-bond donors (Lipinski definition) is 0. The number of furan rings is 1. The first-order valence-corrected chi connectivity index (χ1v) is 6.36. The third-order valence-electron chi connectivity index (χ3n) is 3.73. The quantitative estimate of drug-likeness (QED) is 0.841. The summed E-state index contributed by atoms with van der Waals surface area (Å²) >= 11 is 0. The van der Waals surface area contributed by atoms with Gasteiger partial charge in [0.15, 0.2) is 0 Å². The predicted molar refractivity (Wildman–Crippen MR) is 65.2 cm³/mol. The molecule has 4 nitrogen and oxygen atoms in total. The molecule has 3 rings (SSSR count). The Kier molecular flexibility index (Phi) is 2.88. The van der Waals surface area contributed by atoms with E-state index in [4.69, 9.17) is 4.42 Å². The molecule has 19 heavy (non-hydrogen) atoms. The van der Waals surface area contributed by atoms with E-state index in [1.54, 1.807) is 12.3 Å². The van der Waals surface area contributed by atoms with Crippen LogP contribution >= 0.6 is 0 Å². The fourth-order valence-corrected chi connectivity index (χ4v) is 2.55. The van der Waals surface area contributed by atoms with Crippen molar-refractivity contribution < 1.29 is 13.2 Å². The van der Waals surface area contributed by atoms with Crippen LogP contribution in [0.15, 0.2) is 27.7 Å². The summed E-state index contributed by atoms with van der Waals surface area (Å²) in [7, 11) is 0. The molecular weight excluding hydrogens is 254 g/mol. The van der Waals surface area contributed by atoms with Gasteiger partial charge < -0.3 is 4.42 Å². The molecule has 2 aromatic heterocycles. The van der Waals surface area contributed by atoms with Crippen molar-refractivity contribution in [2.24, 2.45) is 5.92 Å². The van der Waals surface area contributed by atoms with Crippen LogP contribution in [0.2, 0.25) is 0 Å². The average Bonchev–Trinajstić information content (AvgIpc) is 2.84.